The van der Waals surface area contributed by atoms with Crippen molar-refractivity contribution in [2.24, 2.45) is 0 Å². The zero-order chi connectivity index (χ0) is 18.7. The van der Waals surface area contributed by atoms with E-state index in [9.17, 15) is 14.0 Å². The van der Waals surface area contributed by atoms with Crippen LogP contribution >= 0.6 is 0 Å². The van der Waals surface area contributed by atoms with Gasteiger partial charge in [-0.2, -0.15) is 5.10 Å². The highest BCUT2D eigenvalue weighted by atomic mass is 19.1. The molecule has 0 spiro atoms. The summed E-state index contributed by atoms with van der Waals surface area (Å²) in [4.78, 5) is 24.6. The Balaban J connectivity index is 1.82. The summed E-state index contributed by atoms with van der Waals surface area (Å²) in [5.41, 5.74) is 2.95. The molecule has 0 saturated heterocycles. The molecule has 0 saturated carbocycles. The van der Waals surface area contributed by atoms with Crippen molar-refractivity contribution in [3.8, 4) is 5.69 Å². The van der Waals surface area contributed by atoms with Crippen LogP contribution in [0.25, 0.3) is 5.69 Å². The van der Waals surface area contributed by atoms with Crippen molar-refractivity contribution < 1.29 is 14.0 Å². The number of aromatic nitrogens is 2. The van der Waals surface area contributed by atoms with Gasteiger partial charge in [0.15, 0.2) is 5.69 Å². The first kappa shape index (κ1) is 18.1. The van der Waals surface area contributed by atoms with Crippen LogP contribution in [-0.4, -0.2) is 34.2 Å². The molecule has 1 aromatic heterocycles. The van der Waals surface area contributed by atoms with Crippen LogP contribution in [0, 0.1) is 5.82 Å². The van der Waals surface area contributed by atoms with Crippen LogP contribution in [0.2, 0.25) is 0 Å². The minimum Gasteiger partial charge on any atom is -0.354 e. The van der Waals surface area contributed by atoms with E-state index in [4.69, 9.17) is 0 Å². The number of fused-ring (bicyclic) bond motifs is 1. The Kier molecular flexibility index (Phi) is 5.35. The molecule has 2 aromatic rings. The number of nitrogens with zero attached hydrogens (tertiary/aromatic N) is 2. The number of nitrogens with one attached hydrogen (secondary N) is 2. The molecule has 1 unspecified atom stereocenters. The highest BCUT2D eigenvalue weighted by Crippen LogP contribution is 2.28. The molecule has 0 aliphatic heterocycles. The van der Waals surface area contributed by atoms with Gasteiger partial charge in [0.25, 0.3) is 5.91 Å². The Bertz CT molecular complexity index is 814. The lowest BCUT2D eigenvalue weighted by atomic mass is 10.2. The van der Waals surface area contributed by atoms with E-state index in [2.05, 4.69) is 15.7 Å². The Morgan fingerprint density at radius 1 is 1.27 bits per heavy atom. The van der Waals surface area contributed by atoms with Crippen molar-refractivity contribution in [3.05, 3.63) is 47.0 Å². The van der Waals surface area contributed by atoms with Crippen LogP contribution in [0.15, 0.2) is 24.3 Å². The molecule has 2 N–H and O–H groups in total. The first-order valence-corrected chi connectivity index (χ1v) is 8.96. The molecule has 3 rings (SSSR count). The molecule has 0 fully saturated rings. The van der Waals surface area contributed by atoms with Crippen LogP contribution in [0.5, 0.6) is 0 Å². The van der Waals surface area contributed by atoms with Gasteiger partial charge in [-0.05, 0) is 56.9 Å². The smallest absolute Gasteiger partial charge is 0.272 e. The van der Waals surface area contributed by atoms with Crippen LogP contribution < -0.4 is 10.6 Å². The number of carbonyl (C=O) groups excluding carboxylic acids is 2. The molecule has 138 valence electrons. The quantitative estimate of drug-likeness (QED) is 0.831. The van der Waals surface area contributed by atoms with Crippen LogP contribution in [0.3, 0.4) is 0 Å². The zero-order valence-corrected chi connectivity index (χ0v) is 15.0. The molecule has 1 aliphatic rings. The largest absolute Gasteiger partial charge is 0.354 e. The second kappa shape index (κ2) is 7.68. The highest BCUT2D eigenvalue weighted by molar-refractivity contribution is 5.97. The summed E-state index contributed by atoms with van der Waals surface area (Å²) >= 11 is 0. The predicted octanol–water partition coefficient (Wildman–Crippen LogP) is 2.14. The Morgan fingerprint density at radius 2 is 2.00 bits per heavy atom. The summed E-state index contributed by atoms with van der Waals surface area (Å²) in [5, 5.41) is 9.94. The lowest BCUT2D eigenvalue weighted by Gasteiger charge is -2.13. The molecule has 1 aromatic carbocycles. The Hall–Kier alpha value is -2.70. The maximum atomic E-state index is 13.2. The number of carbonyl (C=O) groups is 2. The van der Waals surface area contributed by atoms with E-state index in [1.54, 1.807) is 23.7 Å². The van der Waals surface area contributed by atoms with Crippen molar-refractivity contribution in [2.75, 3.05) is 6.54 Å². The number of hydrogen-bond donors (Lipinski definition) is 2. The SMILES string of the molecule is CCCNC(=O)C(C)NC(=O)c1nn(-c2ccc(F)cc2)c2c1CCC2. The Labute approximate surface area is 151 Å². The van der Waals surface area contributed by atoms with Gasteiger partial charge >= 0.3 is 0 Å². The molecule has 0 radical (unpaired) electrons. The number of hydrogen-bond acceptors (Lipinski definition) is 3. The van der Waals surface area contributed by atoms with E-state index >= 15 is 0 Å². The number of amides is 2. The van der Waals surface area contributed by atoms with Gasteiger partial charge in [0.2, 0.25) is 5.91 Å². The molecule has 1 heterocycles. The minimum atomic E-state index is -0.637. The first-order valence-electron chi connectivity index (χ1n) is 8.96. The highest BCUT2D eigenvalue weighted by Gasteiger charge is 2.28. The third-order valence-corrected chi connectivity index (χ3v) is 4.51. The summed E-state index contributed by atoms with van der Waals surface area (Å²) in [6.45, 7) is 4.20. The summed E-state index contributed by atoms with van der Waals surface area (Å²) in [6.07, 6.45) is 3.37. The first-order chi connectivity index (χ1) is 12.5. The van der Waals surface area contributed by atoms with Crippen molar-refractivity contribution in [1.29, 1.82) is 0 Å². The number of halogens is 1. The zero-order valence-electron chi connectivity index (χ0n) is 15.0. The van der Waals surface area contributed by atoms with Gasteiger partial charge < -0.3 is 10.6 Å². The molecule has 7 heteroatoms. The third kappa shape index (κ3) is 3.61. The second-order valence-corrected chi connectivity index (χ2v) is 6.50. The maximum absolute atomic E-state index is 13.2. The number of benzene rings is 1. The molecular formula is C19H23FN4O2. The molecule has 1 atom stereocenters. The van der Waals surface area contributed by atoms with Crippen LogP contribution in [0.4, 0.5) is 4.39 Å². The van der Waals surface area contributed by atoms with Gasteiger partial charge in [-0.25, -0.2) is 9.07 Å². The van der Waals surface area contributed by atoms with Crippen molar-refractivity contribution in [1.82, 2.24) is 20.4 Å². The number of rotatable bonds is 6. The van der Waals surface area contributed by atoms with Gasteiger partial charge in [-0.15, -0.1) is 0 Å². The van der Waals surface area contributed by atoms with E-state index in [-0.39, 0.29) is 17.6 Å². The lowest BCUT2D eigenvalue weighted by molar-refractivity contribution is -0.122. The molecular weight excluding hydrogens is 335 g/mol. The van der Waals surface area contributed by atoms with E-state index in [1.807, 2.05) is 6.92 Å². The minimum absolute atomic E-state index is 0.213. The predicted molar refractivity (Wildman–Crippen MR) is 95.8 cm³/mol. The van der Waals surface area contributed by atoms with Crippen molar-refractivity contribution in [2.45, 2.75) is 45.6 Å². The topological polar surface area (TPSA) is 76.0 Å². The summed E-state index contributed by atoms with van der Waals surface area (Å²) < 4.78 is 14.9. The van der Waals surface area contributed by atoms with Crippen molar-refractivity contribution >= 4 is 11.8 Å². The van der Waals surface area contributed by atoms with Gasteiger partial charge in [-0.3, -0.25) is 9.59 Å². The van der Waals surface area contributed by atoms with E-state index in [1.165, 1.54) is 12.1 Å². The summed E-state index contributed by atoms with van der Waals surface area (Å²) in [7, 11) is 0. The average Bonchev–Trinajstić information content (AvgIpc) is 3.22. The monoisotopic (exact) mass is 358 g/mol. The summed E-state index contributed by atoms with van der Waals surface area (Å²) in [6, 6.07) is 5.39. The van der Waals surface area contributed by atoms with Crippen molar-refractivity contribution in [3.63, 3.8) is 0 Å². The lowest BCUT2D eigenvalue weighted by Crippen LogP contribution is -2.45. The Morgan fingerprint density at radius 3 is 2.69 bits per heavy atom. The molecule has 1 aliphatic carbocycles. The molecule has 2 amide bonds. The molecule has 0 bridgehead atoms. The van der Waals surface area contributed by atoms with Gasteiger partial charge in [0.1, 0.15) is 11.9 Å². The van der Waals surface area contributed by atoms with Gasteiger partial charge in [0.05, 0.1) is 5.69 Å². The van der Waals surface area contributed by atoms with E-state index < -0.39 is 6.04 Å². The second-order valence-electron chi connectivity index (χ2n) is 6.50. The fourth-order valence-corrected chi connectivity index (χ4v) is 3.15. The fourth-order valence-electron chi connectivity index (χ4n) is 3.15. The standard InChI is InChI=1S/C19H23FN4O2/c1-3-11-21-18(25)12(2)22-19(26)17-15-5-4-6-16(15)24(23-17)14-9-7-13(20)8-10-14/h7-10,12H,3-6,11H2,1-2H3,(H,21,25)(H,22,26). The van der Waals surface area contributed by atoms with Crippen LogP contribution in [-0.2, 0) is 17.6 Å². The fraction of sp³-hybridized carbons (Fsp3) is 0.421. The van der Waals surface area contributed by atoms with Gasteiger partial charge in [-0.1, -0.05) is 6.92 Å². The average molecular weight is 358 g/mol. The summed E-state index contributed by atoms with van der Waals surface area (Å²) in [5.74, 6) is -0.889. The maximum Gasteiger partial charge on any atom is 0.272 e. The van der Waals surface area contributed by atoms with E-state index in [0.717, 1.165) is 42.6 Å². The van der Waals surface area contributed by atoms with Gasteiger partial charge in [0, 0.05) is 17.8 Å². The van der Waals surface area contributed by atoms with E-state index in [0.29, 0.717) is 12.2 Å². The third-order valence-electron chi connectivity index (χ3n) is 4.51. The molecule has 6 nitrogen and oxygen atoms in total. The normalized spacial score (nSPS) is 14.0. The molecule has 26 heavy (non-hydrogen) atoms. The van der Waals surface area contributed by atoms with Crippen LogP contribution in [0.1, 0.15) is 48.4 Å².